The molecular formula is C65H88ClN9O11S2. The minimum absolute atomic E-state index is 0.00624. The number of benzene rings is 2. The van der Waals surface area contributed by atoms with Crippen molar-refractivity contribution >= 4 is 75.6 Å². The molecule has 4 N–H and O–H groups in total. The Bertz CT molecular complexity index is 3140. The van der Waals surface area contributed by atoms with Crippen LogP contribution >= 0.6 is 34.3 Å². The number of carboxylic acids is 1. The number of fused-ring (bicyclic) bond motifs is 3. The van der Waals surface area contributed by atoms with Crippen molar-refractivity contribution in [2.45, 2.75) is 182 Å². The van der Waals surface area contributed by atoms with Crippen LogP contribution in [0.2, 0.25) is 5.02 Å². The molecule has 0 radical (unpaired) electrons. The molecule has 2 aliphatic rings. The summed E-state index contributed by atoms with van der Waals surface area (Å²) in [6.07, 6.45) is 12.2. The van der Waals surface area contributed by atoms with Gasteiger partial charge in [0.05, 0.1) is 67.8 Å². The van der Waals surface area contributed by atoms with Gasteiger partial charge in [-0.1, -0.05) is 133 Å². The Morgan fingerprint density at radius 2 is 1.36 bits per heavy atom. The van der Waals surface area contributed by atoms with Gasteiger partial charge in [-0.25, -0.2) is 4.98 Å². The fourth-order valence-electron chi connectivity index (χ4n) is 10.9. The Hall–Kier alpha value is -6.43. The van der Waals surface area contributed by atoms with Crippen molar-refractivity contribution in [2.75, 3.05) is 52.7 Å². The number of thiazole rings is 1. The Morgan fingerprint density at radius 1 is 0.750 bits per heavy atom. The second-order valence-electron chi connectivity index (χ2n) is 23.8. The molecule has 7 rings (SSSR count). The lowest BCUT2D eigenvalue weighted by molar-refractivity contribution is -0.150. The number of ether oxygens (including phenoxy) is 4. The standard InChI is InChI=1S/C65H88ClN9O11S2/c1-42-44(3)88-64-57(42)58(47-26-28-49(66)29-27-47)70-51(61-73-72-45(4)75(61)64)37-53(76)67-30-31-83-32-33-84-34-35-85-40-54(77)71-60(65(5,6)7)63(82)74-39-50(86-56(80)21-19-17-15-13-11-9-8-10-12-14-16-18-20-55(78)79)36-52(74)62(81)68-38-46-22-24-48(25-23-46)59-43(2)69-41-87-59/h22-29,41,50-52,60H,8-21,30-40H2,1-7H3,(H,67,76)(H,68,81)(H,71,77)(H,78,79)/t50-,51+,52+,60-/m1/s1. The molecule has 88 heavy (non-hydrogen) atoms. The fourth-order valence-corrected chi connectivity index (χ4v) is 13.0. The van der Waals surface area contributed by atoms with Crippen LogP contribution in [0.1, 0.15) is 174 Å². The lowest BCUT2D eigenvalue weighted by atomic mass is 9.85. The number of aliphatic imine (C=N–C) groups is 1. The summed E-state index contributed by atoms with van der Waals surface area (Å²) in [5.74, 6) is -1.40. The number of halogens is 1. The number of carboxylic acid groups (broad SMARTS) is 1. The number of esters is 1. The van der Waals surface area contributed by atoms with E-state index in [1.807, 2.05) is 93.2 Å². The number of nitrogens with zero attached hydrogens (tertiary/aromatic N) is 6. The van der Waals surface area contributed by atoms with Crippen molar-refractivity contribution in [3.05, 3.63) is 104 Å². The second-order valence-corrected chi connectivity index (χ2v) is 26.3. The number of nitrogens with one attached hydrogen (secondary N) is 3. The number of aryl methyl sites for hydroxylation is 3. The summed E-state index contributed by atoms with van der Waals surface area (Å²) in [5, 5.41) is 28.0. The highest BCUT2D eigenvalue weighted by Crippen LogP contribution is 2.40. The zero-order valence-corrected chi connectivity index (χ0v) is 54.5. The molecule has 0 unspecified atom stereocenters. The van der Waals surface area contributed by atoms with Gasteiger partial charge in [0, 0.05) is 53.4 Å². The summed E-state index contributed by atoms with van der Waals surface area (Å²) >= 11 is 9.47. The van der Waals surface area contributed by atoms with Gasteiger partial charge in [0.2, 0.25) is 23.6 Å². The highest BCUT2D eigenvalue weighted by molar-refractivity contribution is 7.15. The maximum Gasteiger partial charge on any atom is 0.306 e. The molecule has 4 atom stereocenters. The lowest BCUT2D eigenvalue weighted by Gasteiger charge is -2.35. The largest absolute Gasteiger partial charge is 0.481 e. The molecule has 0 aliphatic carbocycles. The van der Waals surface area contributed by atoms with Crippen molar-refractivity contribution in [3.63, 3.8) is 0 Å². The topological polar surface area (TPSA) is 255 Å². The van der Waals surface area contributed by atoms with Gasteiger partial charge in [0.25, 0.3) is 0 Å². The first-order valence-corrected chi connectivity index (χ1v) is 33.0. The Kier molecular flexibility index (Phi) is 27.1. The predicted molar refractivity (Wildman–Crippen MR) is 341 cm³/mol. The SMILES string of the molecule is Cc1ncsc1-c1ccc(CNC(=O)[C@@H]2C[C@@H](OC(=O)CCCCCCCCCCCCCCC(=O)O)CN2C(=O)[C@@H](NC(=O)COCCOCCOCCNC(=O)C[C@@H]2N=C(c3ccc(Cl)cc3)c3c(sc(C)c3C)-n3c(C)nnc32)C(C)(C)C)cc1. The highest BCUT2D eigenvalue weighted by atomic mass is 35.5. The number of carbonyl (C=O) groups excluding carboxylic acids is 5. The highest BCUT2D eigenvalue weighted by Gasteiger charge is 2.46. The van der Waals surface area contributed by atoms with Crippen molar-refractivity contribution in [2.24, 2.45) is 10.4 Å². The summed E-state index contributed by atoms with van der Waals surface area (Å²) in [6, 6.07) is 12.8. The van der Waals surface area contributed by atoms with Crippen LogP contribution in [0.4, 0.5) is 0 Å². The van der Waals surface area contributed by atoms with Gasteiger partial charge in [-0.3, -0.25) is 38.3 Å². The van der Waals surface area contributed by atoms with E-state index in [-0.39, 0.29) is 96.8 Å². The number of aliphatic carboxylic acids is 1. The van der Waals surface area contributed by atoms with E-state index >= 15 is 0 Å². The molecule has 4 amide bonds. The van der Waals surface area contributed by atoms with Crippen LogP contribution in [0.15, 0.2) is 59.0 Å². The molecule has 3 aromatic heterocycles. The summed E-state index contributed by atoms with van der Waals surface area (Å²) in [5.41, 5.74) is 7.62. The maximum absolute atomic E-state index is 14.6. The minimum atomic E-state index is -1.04. The Labute approximate surface area is 530 Å². The van der Waals surface area contributed by atoms with Crippen molar-refractivity contribution in [1.29, 1.82) is 0 Å². The van der Waals surface area contributed by atoms with Gasteiger partial charge in [-0.05, 0) is 74.8 Å². The van der Waals surface area contributed by atoms with E-state index in [0.29, 0.717) is 23.1 Å². The number of unbranched alkanes of at least 4 members (excludes halogenated alkanes) is 11. The first-order chi connectivity index (χ1) is 42.3. The van der Waals surface area contributed by atoms with E-state index in [1.165, 1.54) is 11.3 Å². The molecule has 2 aromatic carbocycles. The summed E-state index contributed by atoms with van der Waals surface area (Å²) in [7, 11) is 0. The van der Waals surface area contributed by atoms with Crippen LogP contribution in [0.25, 0.3) is 15.4 Å². The third-order valence-electron chi connectivity index (χ3n) is 15.8. The van der Waals surface area contributed by atoms with E-state index in [4.69, 9.17) is 40.6 Å². The van der Waals surface area contributed by atoms with E-state index < -0.39 is 53.3 Å². The Balaban J connectivity index is 0.820. The fraction of sp³-hybridized carbons (Fsp3) is 0.569. The number of aromatic nitrogens is 4. The Morgan fingerprint density at radius 3 is 1.99 bits per heavy atom. The molecule has 0 bridgehead atoms. The molecule has 20 nitrogen and oxygen atoms in total. The molecular weight excluding hydrogens is 1180 g/mol. The van der Waals surface area contributed by atoms with Crippen LogP contribution in [0, 0.1) is 33.1 Å². The van der Waals surface area contributed by atoms with Gasteiger partial charge in [0.1, 0.15) is 41.7 Å². The number of hydrogen-bond acceptors (Lipinski definition) is 16. The van der Waals surface area contributed by atoms with E-state index in [2.05, 4.69) is 45.0 Å². The molecule has 5 heterocycles. The molecule has 5 aromatic rings. The van der Waals surface area contributed by atoms with Gasteiger partial charge in [-0.2, -0.15) is 0 Å². The molecule has 1 fully saturated rings. The number of thiophene rings is 1. The monoisotopic (exact) mass is 1270 g/mol. The lowest BCUT2D eigenvalue weighted by Crippen LogP contribution is -2.58. The third kappa shape index (κ3) is 20.6. The summed E-state index contributed by atoms with van der Waals surface area (Å²) in [4.78, 5) is 92.6. The van der Waals surface area contributed by atoms with Gasteiger partial charge in [-0.15, -0.1) is 32.9 Å². The first-order valence-electron chi connectivity index (χ1n) is 30.9. The number of carbonyl (C=O) groups is 6. The molecule has 478 valence electrons. The van der Waals surface area contributed by atoms with E-state index in [9.17, 15) is 28.8 Å². The zero-order chi connectivity index (χ0) is 63.2. The third-order valence-corrected chi connectivity index (χ3v) is 18.2. The number of likely N-dealkylation sites (tertiary alicyclic amines) is 1. The minimum Gasteiger partial charge on any atom is -0.481 e. The van der Waals surface area contributed by atoms with E-state index in [0.717, 1.165) is 118 Å². The molecule has 0 spiro atoms. The quantitative estimate of drug-likeness (QED) is 0.0215. The van der Waals surface area contributed by atoms with Gasteiger partial charge >= 0.3 is 11.9 Å². The molecule has 2 aliphatic heterocycles. The first kappa shape index (κ1) is 69.1. The van der Waals surface area contributed by atoms with Crippen LogP contribution in [-0.2, 0) is 54.3 Å². The van der Waals surface area contributed by atoms with Crippen LogP contribution < -0.4 is 16.0 Å². The normalized spacial score (nSPS) is 15.9. The smallest absolute Gasteiger partial charge is 0.306 e. The van der Waals surface area contributed by atoms with Gasteiger partial charge < -0.3 is 44.9 Å². The molecule has 1 saturated heterocycles. The number of rotatable bonds is 36. The maximum atomic E-state index is 14.6. The average Bonchev–Trinajstić information content (AvgIpc) is 1.78. The van der Waals surface area contributed by atoms with Crippen molar-refractivity contribution < 1.29 is 52.8 Å². The second kappa shape index (κ2) is 34.5. The number of hydrogen-bond donors (Lipinski definition) is 4. The van der Waals surface area contributed by atoms with Crippen LogP contribution in [0.5, 0.6) is 0 Å². The summed E-state index contributed by atoms with van der Waals surface area (Å²) < 4.78 is 25.0. The molecule has 0 saturated carbocycles. The van der Waals surface area contributed by atoms with Crippen molar-refractivity contribution in [3.8, 4) is 15.4 Å². The van der Waals surface area contributed by atoms with Gasteiger partial charge in [0.15, 0.2) is 5.82 Å². The average molecular weight is 1270 g/mol. The van der Waals surface area contributed by atoms with Crippen LogP contribution in [0.3, 0.4) is 0 Å². The predicted octanol–water partition coefficient (Wildman–Crippen LogP) is 10.7. The van der Waals surface area contributed by atoms with Crippen LogP contribution in [-0.4, -0.2) is 142 Å². The molecule has 23 heteroatoms. The summed E-state index contributed by atoms with van der Waals surface area (Å²) in [6.45, 7) is 14.7. The number of amides is 4. The van der Waals surface area contributed by atoms with Crippen molar-refractivity contribution in [1.82, 2.24) is 40.6 Å². The van der Waals surface area contributed by atoms with E-state index in [1.54, 1.807) is 22.7 Å². The zero-order valence-electron chi connectivity index (χ0n) is 52.1.